The molecule has 3 saturated heterocycles. The molecule has 4 fully saturated rings. The second kappa shape index (κ2) is 19.1. The maximum atomic E-state index is 11.7. The summed E-state index contributed by atoms with van der Waals surface area (Å²) in [6.07, 6.45) is 16.1. The Labute approximate surface area is 378 Å². The number of piperidine rings is 2. The molecular formula is C50H65ClN10O2. The molecule has 7 heterocycles. The van der Waals surface area contributed by atoms with E-state index in [-0.39, 0.29) is 12.0 Å². The van der Waals surface area contributed by atoms with Crippen LogP contribution in [-0.4, -0.2) is 101 Å². The van der Waals surface area contributed by atoms with Crippen LogP contribution in [-0.2, 0) is 24.2 Å². The Balaban J connectivity index is 0.000000185. The lowest BCUT2D eigenvalue weighted by molar-refractivity contribution is -0.129. The van der Waals surface area contributed by atoms with Crippen molar-refractivity contribution >= 4 is 40.5 Å². The maximum Gasteiger partial charge on any atom is 0.233 e. The zero-order valence-corrected chi connectivity index (χ0v) is 38.4. The highest BCUT2D eigenvalue weighted by Gasteiger charge is 2.41. The van der Waals surface area contributed by atoms with E-state index in [2.05, 4.69) is 83.3 Å². The summed E-state index contributed by atoms with van der Waals surface area (Å²) in [7, 11) is 0. The van der Waals surface area contributed by atoms with Gasteiger partial charge in [0.05, 0.1) is 17.1 Å². The molecule has 6 aliphatic rings. The van der Waals surface area contributed by atoms with Gasteiger partial charge in [0.2, 0.25) is 11.8 Å². The fourth-order valence-electron chi connectivity index (χ4n) is 11.2. The van der Waals surface area contributed by atoms with Gasteiger partial charge >= 0.3 is 0 Å². The Morgan fingerprint density at radius 2 is 1.65 bits per heavy atom. The predicted molar refractivity (Wildman–Crippen MR) is 250 cm³/mol. The van der Waals surface area contributed by atoms with Crippen molar-refractivity contribution in [2.24, 2.45) is 11.3 Å². The number of nitrogens with zero attached hydrogens (tertiary/aromatic N) is 9. The highest BCUT2D eigenvalue weighted by molar-refractivity contribution is 6.32. The van der Waals surface area contributed by atoms with Crippen LogP contribution in [0.1, 0.15) is 111 Å². The number of benzene rings is 2. The molecule has 0 bridgehead atoms. The Kier molecular flexibility index (Phi) is 13.1. The molecule has 5 aliphatic heterocycles. The number of nitriles is 1. The van der Waals surface area contributed by atoms with Crippen molar-refractivity contribution < 1.29 is 9.53 Å². The monoisotopic (exact) mass is 872 g/mol. The van der Waals surface area contributed by atoms with Gasteiger partial charge in [0.25, 0.3) is 0 Å². The fraction of sp³-hybridized carbons (Fsp3) is 0.580. The first-order valence-electron chi connectivity index (χ1n) is 23.8. The van der Waals surface area contributed by atoms with Gasteiger partial charge < -0.3 is 29.2 Å². The maximum absolute atomic E-state index is 11.7. The number of amides is 1. The summed E-state index contributed by atoms with van der Waals surface area (Å²) < 4.78 is 6.25. The topological polar surface area (TPSA) is 121 Å². The summed E-state index contributed by atoms with van der Waals surface area (Å²) >= 11 is 6.47. The third-order valence-corrected chi connectivity index (χ3v) is 15.6. The average molecular weight is 874 g/mol. The number of halogens is 1. The molecule has 13 heteroatoms. The summed E-state index contributed by atoms with van der Waals surface area (Å²) in [6, 6.07) is 16.9. The predicted octanol–water partition coefficient (Wildman–Crippen LogP) is 8.94. The van der Waals surface area contributed by atoms with Gasteiger partial charge in [-0.05, 0) is 124 Å². The van der Waals surface area contributed by atoms with Crippen LogP contribution in [0.15, 0.2) is 42.5 Å². The van der Waals surface area contributed by atoms with Gasteiger partial charge in [0.15, 0.2) is 11.6 Å². The first-order chi connectivity index (χ1) is 30.6. The second-order valence-corrected chi connectivity index (χ2v) is 19.7. The van der Waals surface area contributed by atoms with Crippen molar-refractivity contribution in [3.05, 3.63) is 81.0 Å². The molecular weight excluding hydrogens is 808 g/mol. The molecule has 0 unspecified atom stereocenters. The van der Waals surface area contributed by atoms with Crippen LogP contribution in [0, 0.1) is 36.5 Å². The van der Waals surface area contributed by atoms with Gasteiger partial charge in [-0.15, -0.1) is 10.2 Å². The smallest absolute Gasteiger partial charge is 0.233 e. The molecule has 1 spiro atoms. The van der Waals surface area contributed by atoms with Gasteiger partial charge in [-0.3, -0.25) is 9.89 Å². The largest absolute Gasteiger partial charge is 0.473 e. The number of H-pyrrole nitrogens is 1. The minimum Gasteiger partial charge on any atom is -0.473 e. The van der Waals surface area contributed by atoms with Crippen LogP contribution < -0.4 is 19.4 Å². The zero-order chi connectivity index (χ0) is 43.5. The molecule has 4 aromatic rings. The van der Waals surface area contributed by atoms with E-state index < -0.39 is 0 Å². The standard InChI is InChI=1S/C32H43ClN6O.C18H22N4O/c1-24-28(8-7-26(21-34)31(24)33)39-20-15-32(23-39)13-18-38(19-14-32)29-9-10-30(36-35-29)40-27-11-16-37(17-12-27)22-25-5-3-2-4-6-25;1-12-5-6-14-4-3-8-22(17(14)10-12)18-15-11-21(13(2)23)9-7-16(15)19-20-18/h7-10,25,27H,2-6,11-20,22-23H2,1H3;5-6,10H,3-4,7-9,11H2,1-2H3,(H,19,20). The number of hydrogen-bond donors (Lipinski definition) is 1. The first-order valence-corrected chi connectivity index (χ1v) is 24.1. The molecule has 63 heavy (non-hydrogen) atoms. The zero-order valence-electron chi connectivity index (χ0n) is 37.7. The van der Waals surface area contributed by atoms with Crippen LogP contribution >= 0.6 is 11.6 Å². The van der Waals surface area contributed by atoms with E-state index in [4.69, 9.17) is 16.3 Å². The molecule has 1 amide bonds. The molecule has 0 atom stereocenters. The lowest BCUT2D eigenvalue weighted by atomic mass is 9.78. The number of nitrogens with one attached hydrogen (secondary N) is 1. The number of carbonyl (C=O) groups is 1. The Morgan fingerprint density at radius 1 is 0.873 bits per heavy atom. The molecule has 2 aromatic carbocycles. The number of hydrogen-bond acceptors (Lipinski definition) is 10. The van der Waals surface area contributed by atoms with Crippen molar-refractivity contribution in [1.29, 1.82) is 5.26 Å². The third-order valence-electron chi connectivity index (χ3n) is 15.1. The van der Waals surface area contributed by atoms with Crippen molar-refractivity contribution in [2.75, 3.05) is 73.6 Å². The molecule has 12 nitrogen and oxygen atoms in total. The van der Waals surface area contributed by atoms with Gasteiger partial charge in [-0.2, -0.15) is 10.4 Å². The van der Waals surface area contributed by atoms with Crippen LogP contribution in [0.4, 0.5) is 23.0 Å². The minimum absolute atomic E-state index is 0.137. The van der Waals surface area contributed by atoms with Crippen molar-refractivity contribution in [3.63, 3.8) is 0 Å². The molecule has 1 saturated carbocycles. The van der Waals surface area contributed by atoms with Gasteiger partial charge in [0.1, 0.15) is 12.2 Å². The number of likely N-dealkylation sites (tertiary alicyclic amines) is 1. The van der Waals surface area contributed by atoms with E-state index in [0.29, 0.717) is 28.4 Å². The van der Waals surface area contributed by atoms with Crippen LogP contribution in [0.5, 0.6) is 5.88 Å². The first kappa shape index (κ1) is 43.4. The highest BCUT2D eigenvalue weighted by atomic mass is 35.5. The Morgan fingerprint density at radius 3 is 2.38 bits per heavy atom. The fourth-order valence-corrected chi connectivity index (χ4v) is 11.4. The number of aromatic amines is 1. The number of fused-ring (bicyclic) bond motifs is 2. The molecule has 1 aliphatic carbocycles. The lowest BCUT2D eigenvalue weighted by Gasteiger charge is -2.40. The molecule has 0 radical (unpaired) electrons. The van der Waals surface area contributed by atoms with Crippen molar-refractivity contribution in [3.8, 4) is 11.9 Å². The van der Waals surface area contributed by atoms with Gasteiger partial charge in [-0.25, -0.2) is 0 Å². The lowest BCUT2D eigenvalue weighted by Crippen LogP contribution is -2.42. The third kappa shape index (κ3) is 9.66. The highest BCUT2D eigenvalue weighted by Crippen LogP contribution is 2.44. The Hall–Kier alpha value is -4.86. The van der Waals surface area contributed by atoms with E-state index in [1.165, 1.54) is 78.8 Å². The summed E-state index contributed by atoms with van der Waals surface area (Å²) in [5, 5.41) is 26.7. The minimum atomic E-state index is 0.137. The number of rotatable bonds is 7. The second-order valence-electron chi connectivity index (χ2n) is 19.3. The van der Waals surface area contributed by atoms with E-state index in [1.54, 1.807) is 6.92 Å². The van der Waals surface area contributed by atoms with E-state index >= 15 is 0 Å². The average Bonchev–Trinajstić information content (AvgIpc) is 3.93. The number of ether oxygens (including phenoxy) is 1. The summed E-state index contributed by atoms with van der Waals surface area (Å²) in [5.74, 6) is 3.66. The molecule has 334 valence electrons. The number of aryl methyl sites for hydroxylation is 2. The van der Waals surface area contributed by atoms with Gasteiger partial charge in [-0.1, -0.05) is 43.0 Å². The van der Waals surface area contributed by atoms with Gasteiger partial charge in [0, 0.05) is 101 Å². The number of carbonyl (C=O) groups excluding carboxylic acids is 1. The summed E-state index contributed by atoms with van der Waals surface area (Å²) in [6.45, 7) is 15.8. The van der Waals surface area contributed by atoms with Crippen molar-refractivity contribution in [1.82, 2.24) is 30.2 Å². The van der Waals surface area contributed by atoms with Crippen LogP contribution in [0.2, 0.25) is 5.02 Å². The van der Waals surface area contributed by atoms with Crippen LogP contribution in [0.3, 0.4) is 0 Å². The quantitative estimate of drug-likeness (QED) is 0.193. The Bertz CT molecular complexity index is 2270. The molecule has 1 N–H and O–H groups in total. The molecule has 10 rings (SSSR count). The van der Waals surface area contributed by atoms with E-state index in [0.717, 1.165) is 120 Å². The number of anilines is 4. The SMILES string of the molecule is CC(=O)N1CCc2[nH]nc(N3CCCc4ccc(C)cc43)c2C1.Cc1c(N2CCC3(CCN(c4ccc(OC5CCN(CC6CCCCC6)CC5)nn4)CC3)C2)ccc(C#N)c1Cl. The summed E-state index contributed by atoms with van der Waals surface area (Å²) in [5.41, 5.74) is 9.34. The summed E-state index contributed by atoms with van der Waals surface area (Å²) in [4.78, 5) is 23.5. The van der Waals surface area contributed by atoms with Crippen LogP contribution in [0.25, 0.3) is 0 Å². The normalized spacial score (nSPS) is 20.5. The van der Waals surface area contributed by atoms with E-state index in [1.807, 2.05) is 24.0 Å². The van der Waals surface area contributed by atoms with Crippen molar-refractivity contribution in [2.45, 2.75) is 117 Å². The molecule has 2 aromatic heterocycles. The number of aromatic nitrogens is 4. The van der Waals surface area contributed by atoms with E-state index in [9.17, 15) is 10.1 Å².